The summed E-state index contributed by atoms with van der Waals surface area (Å²) < 4.78 is 31.7. The average Bonchev–Trinajstić information content (AvgIpc) is 2.31. The van der Waals surface area contributed by atoms with Crippen LogP contribution in [-0.2, 0) is 6.61 Å². The first kappa shape index (κ1) is 12.6. The zero-order valence-corrected chi connectivity index (χ0v) is 10.0. The van der Waals surface area contributed by atoms with Gasteiger partial charge in [0, 0.05) is 16.3 Å². The van der Waals surface area contributed by atoms with Gasteiger partial charge in [0.05, 0.1) is 0 Å². The minimum absolute atomic E-state index is 0.0308. The summed E-state index contributed by atoms with van der Waals surface area (Å²) in [6.07, 6.45) is 0. The van der Waals surface area contributed by atoms with Crippen LogP contribution in [0.1, 0.15) is 5.56 Å². The topological polar surface area (TPSA) is 35.2 Å². The van der Waals surface area contributed by atoms with Crippen LogP contribution in [0.3, 0.4) is 0 Å². The van der Waals surface area contributed by atoms with E-state index in [-0.39, 0.29) is 6.61 Å². The Hall–Kier alpha value is -1.81. The van der Waals surface area contributed by atoms with Gasteiger partial charge in [-0.2, -0.15) is 0 Å². The van der Waals surface area contributed by atoms with E-state index < -0.39 is 17.4 Å². The molecule has 0 aliphatic carbocycles. The third kappa shape index (κ3) is 2.71. The molecule has 0 fully saturated rings. The summed E-state index contributed by atoms with van der Waals surface area (Å²) >= 11 is 5.93. The van der Waals surface area contributed by atoms with Gasteiger partial charge in [-0.15, -0.1) is 0 Å². The molecule has 2 rings (SSSR count). The Bertz CT molecular complexity index is 555. The van der Waals surface area contributed by atoms with Crippen molar-refractivity contribution < 1.29 is 13.5 Å². The lowest BCUT2D eigenvalue weighted by Crippen LogP contribution is -2.00. The Balaban J connectivity index is 2.16. The summed E-state index contributed by atoms with van der Waals surface area (Å²) in [5, 5.41) is 0.395. The molecule has 2 N–H and O–H groups in total. The molecule has 0 heterocycles. The van der Waals surface area contributed by atoms with Crippen molar-refractivity contribution in [3.63, 3.8) is 0 Å². The summed E-state index contributed by atoms with van der Waals surface area (Å²) in [5.41, 5.74) is 6.66. The van der Waals surface area contributed by atoms with Gasteiger partial charge in [0.2, 0.25) is 0 Å². The fraction of sp³-hybridized carbons (Fsp3) is 0.0769. The molecule has 0 aromatic heterocycles. The molecule has 94 valence electrons. The van der Waals surface area contributed by atoms with Crippen LogP contribution in [0, 0.1) is 11.6 Å². The second-order valence-electron chi connectivity index (χ2n) is 3.69. The van der Waals surface area contributed by atoms with Gasteiger partial charge in [0.25, 0.3) is 0 Å². The van der Waals surface area contributed by atoms with Crippen molar-refractivity contribution in [1.82, 2.24) is 0 Å². The molecule has 0 saturated heterocycles. The minimum atomic E-state index is -0.749. The molecule has 5 heteroatoms. The first-order valence-electron chi connectivity index (χ1n) is 5.18. The van der Waals surface area contributed by atoms with Gasteiger partial charge in [0.15, 0.2) is 17.4 Å². The quantitative estimate of drug-likeness (QED) is 0.861. The number of rotatable bonds is 3. The fourth-order valence-corrected chi connectivity index (χ4v) is 1.69. The maximum atomic E-state index is 13.3. The Morgan fingerprint density at radius 1 is 1.11 bits per heavy atom. The molecule has 0 atom stereocenters. The Morgan fingerprint density at radius 3 is 2.39 bits per heavy atom. The second kappa shape index (κ2) is 5.23. The lowest BCUT2D eigenvalue weighted by atomic mass is 10.2. The van der Waals surface area contributed by atoms with E-state index in [1.807, 2.05) is 0 Å². The number of nitrogens with two attached hydrogens (primary N) is 1. The van der Waals surface area contributed by atoms with Crippen molar-refractivity contribution in [2.24, 2.45) is 0 Å². The highest BCUT2D eigenvalue weighted by Crippen LogP contribution is 2.24. The van der Waals surface area contributed by atoms with Crippen molar-refractivity contribution in [2.75, 3.05) is 5.73 Å². The highest BCUT2D eigenvalue weighted by molar-refractivity contribution is 6.31. The van der Waals surface area contributed by atoms with E-state index >= 15 is 0 Å². The van der Waals surface area contributed by atoms with Crippen molar-refractivity contribution in [2.45, 2.75) is 6.61 Å². The maximum Gasteiger partial charge on any atom is 0.191 e. The van der Waals surface area contributed by atoms with E-state index in [9.17, 15) is 8.78 Å². The predicted molar refractivity (Wildman–Crippen MR) is 66.6 cm³/mol. The number of hydrogen-bond donors (Lipinski definition) is 1. The van der Waals surface area contributed by atoms with Crippen molar-refractivity contribution in [1.29, 1.82) is 0 Å². The number of hydrogen-bond acceptors (Lipinski definition) is 2. The van der Waals surface area contributed by atoms with Crippen LogP contribution in [0.4, 0.5) is 14.5 Å². The molecule has 0 saturated carbocycles. The van der Waals surface area contributed by atoms with Crippen molar-refractivity contribution >= 4 is 17.3 Å². The molecule has 0 aliphatic rings. The van der Waals surface area contributed by atoms with Gasteiger partial charge < -0.3 is 10.5 Å². The van der Waals surface area contributed by atoms with E-state index in [4.69, 9.17) is 22.1 Å². The number of anilines is 1. The van der Waals surface area contributed by atoms with Crippen LogP contribution < -0.4 is 10.5 Å². The SMILES string of the molecule is Nc1ccc(COc2c(F)cccc2F)c(Cl)c1. The summed E-state index contributed by atoms with van der Waals surface area (Å²) in [5.74, 6) is -1.91. The van der Waals surface area contributed by atoms with Crippen LogP contribution >= 0.6 is 11.6 Å². The number of ether oxygens (including phenoxy) is 1. The lowest BCUT2D eigenvalue weighted by Gasteiger charge is -2.09. The largest absolute Gasteiger partial charge is 0.483 e. The fourth-order valence-electron chi connectivity index (χ4n) is 1.45. The number of benzene rings is 2. The third-order valence-electron chi connectivity index (χ3n) is 2.37. The van der Waals surface area contributed by atoms with Crippen molar-refractivity contribution in [3.8, 4) is 5.75 Å². The van der Waals surface area contributed by atoms with Gasteiger partial charge in [-0.3, -0.25) is 0 Å². The molecular weight excluding hydrogens is 260 g/mol. The standard InChI is InChI=1S/C13H10ClF2NO/c14-10-6-9(17)5-4-8(10)7-18-13-11(15)2-1-3-12(13)16/h1-6H,7,17H2. The van der Waals surface area contributed by atoms with Gasteiger partial charge in [-0.1, -0.05) is 23.7 Å². The number of nitrogen functional groups attached to an aromatic ring is 1. The molecule has 2 nitrogen and oxygen atoms in total. The molecule has 0 radical (unpaired) electrons. The molecular formula is C13H10ClF2NO. The van der Waals surface area contributed by atoms with Crippen LogP contribution in [0.25, 0.3) is 0 Å². The van der Waals surface area contributed by atoms with Crippen LogP contribution in [0.5, 0.6) is 5.75 Å². The average molecular weight is 270 g/mol. The summed E-state index contributed by atoms with van der Waals surface area (Å²) in [6, 6.07) is 8.37. The first-order valence-corrected chi connectivity index (χ1v) is 5.56. The zero-order valence-electron chi connectivity index (χ0n) is 9.29. The highest BCUT2D eigenvalue weighted by atomic mass is 35.5. The number of para-hydroxylation sites is 1. The van der Waals surface area contributed by atoms with E-state index in [2.05, 4.69) is 0 Å². The molecule has 0 bridgehead atoms. The lowest BCUT2D eigenvalue weighted by molar-refractivity contribution is 0.274. The molecule has 0 amide bonds. The Kier molecular flexibility index (Phi) is 3.67. The van der Waals surface area contributed by atoms with E-state index in [0.29, 0.717) is 16.3 Å². The summed E-state index contributed by atoms with van der Waals surface area (Å²) in [4.78, 5) is 0. The monoisotopic (exact) mass is 269 g/mol. The smallest absolute Gasteiger partial charge is 0.191 e. The highest BCUT2D eigenvalue weighted by Gasteiger charge is 2.10. The van der Waals surface area contributed by atoms with Crippen LogP contribution in [0.2, 0.25) is 5.02 Å². The Labute approximate surface area is 108 Å². The minimum Gasteiger partial charge on any atom is -0.483 e. The normalized spacial score (nSPS) is 10.4. The van der Waals surface area contributed by atoms with Gasteiger partial charge in [-0.25, -0.2) is 8.78 Å². The van der Waals surface area contributed by atoms with Crippen LogP contribution in [0.15, 0.2) is 36.4 Å². The zero-order chi connectivity index (χ0) is 13.1. The molecule has 0 unspecified atom stereocenters. The van der Waals surface area contributed by atoms with Crippen molar-refractivity contribution in [3.05, 3.63) is 58.6 Å². The summed E-state index contributed by atoms with van der Waals surface area (Å²) in [6.45, 7) is -0.0308. The predicted octanol–water partition coefficient (Wildman–Crippen LogP) is 3.78. The molecule has 0 spiro atoms. The number of halogens is 3. The maximum absolute atomic E-state index is 13.3. The van der Waals surface area contributed by atoms with E-state index in [1.54, 1.807) is 18.2 Å². The molecule has 18 heavy (non-hydrogen) atoms. The second-order valence-corrected chi connectivity index (χ2v) is 4.10. The Morgan fingerprint density at radius 2 is 1.78 bits per heavy atom. The van der Waals surface area contributed by atoms with Gasteiger partial charge in [0.1, 0.15) is 6.61 Å². The molecule has 2 aromatic carbocycles. The molecule has 2 aromatic rings. The van der Waals surface area contributed by atoms with Crippen LogP contribution in [-0.4, -0.2) is 0 Å². The summed E-state index contributed by atoms with van der Waals surface area (Å²) in [7, 11) is 0. The first-order chi connectivity index (χ1) is 8.58. The van der Waals surface area contributed by atoms with Gasteiger partial charge >= 0.3 is 0 Å². The van der Waals surface area contributed by atoms with E-state index in [0.717, 1.165) is 12.1 Å². The third-order valence-corrected chi connectivity index (χ3v) is 2.72. The van der Waals surface area contributed by atoms with Gasteiger partial charge in [-0.05, 0) is 24.3 Å². The molecule has 0 aliphatic heterocycles. The van der Waals surface area contributed by atoms with E-state index in [1.165, 1.54) is 6.07 Å².